The number of hydrogen-bond donors (Lipinski definition) is 1. The number of hydroxylamine groups is 2. The number of nitrogens with one attached hydrogen (secondary N) is 1. The molecule has 1 aromatic carbocycles. The zero-order chi connectivity index (χ0) is 20.2. The summed E-state index contributed by atoms with van der Waals surface area (Å²) in [7, 11) is 1.40. The minimum absolute atomic E-state index is 0.0104. The van der Waals surface area contributed by atoms with Crippen LogP contribution in [0.25, 0.3) is 0 Å². The van der Waals surface area contributed by atoms with Gasteiger partial charge in [-0.1, -0.05) is 17.2 Å². The highest BCUT2D eigenvalue weighted by Crippen LogP contribution is 2.23. The van der Waals surface area contributed by atoms with E-state index < -0.39 is 35.5 Å². The van der Waals surface area contributed by atoms with Crippen molar-refractivity contribution in [3.8, 4) is 0 Å². The Morgan fingerprint density at radius 1 is 1.11 bits per heavy atom. The minimum Gasteiger partial charge on any atom is -0.444 e. The van der Waals surface area contributed by atoms with Crippen molar-refractivity contribution < 1.29 is 33.5 Å². The number of alkyl carbamates (subject to hydrolysis) is 1. The average Bonchev–Trinajstić information content (AvgIpc) is 2.79. The molecule has 0 saturated carbocycles. The van der Waals surface area contributed by atoms with Crippen LogP contribution in [-0.2, 0) is 19.1 Å². The standard InChI is InChI=1S/C18H22N2O7/c1-18(2,3)26-17(24)19-11(10-25-4)9-14(21)27-20-15(22)12-7-5-6-8-13(12)16(20)23/h5-8,11H,9-10H2,1-4H3,(H,19,24)/t11-/m1/s1. The molecular formula is C18H22N2O7. The number of imide groups is 1. The minimum atomic E-state index is -0.873. The lowest BCUT2D eigenvalue weighted by molar-refractivity contribution is -0.169. The summed E-state index contributed by atoms with van der Waals surface area (Å²) in [5, 5.41) is 2.92. The van der Waals surface area contributed by atoms with Crippen molar-refractivity contribution in [1.29, 1.82) is 0 Å². The summed E-state index contributed by atoms with van der Waals surface area (Å²) in [6.07, 6.45) is -1.04. The van der Waals surface area contributed by atoms with Crippen LogP contribution in [0.1, 0.15) is 47.9 Å². The van der Waals surface area contributed by atoms with Gasteiger partial charge >= 0.3 is 12.1 Å². The number of methoxy groups -OCH3 is 1. The van der Waals surface area contributed by atoms with E-state index >= 15 is 0 Å². The predicted octanol–water partition coefficient (Wildman–Crippen LogP) is 1.67. The lowest BCUT2D eigenvalue weighted by atomic mass is 10.1. The van der Waals surface area contributed by atoms with Gasteiger partial charge in [-0.05, 0) is 32.9 Å². The highest BCUT2D eigenvalue weighted by molar-refractivity contribution is 6.20. The van der Waals surface area contributed by atoms with Gasteiger partial charge in [-0.15, -0.1) is 0 Å². The Kier molecular flexibility index (Phi) is 6.17. The lowest BCUT2D eigenvalue weighted by Gasteiger charge is -2.23. The van der Waals surface area contributed by atoms with Gasteiger partial charge in [0.25, 0.3) is 11.8 Å². The molecule has 1 N–H and O–H groups in total. The summed E-state index contributed by atoms with van der Waals surface area (Å²) in [5.41, 5.74) is -0.381. The Hall–Kier alpha value is -2.94. The SMILES string of the molecule is COC[C@@H](CC(=O)ON1C(=O)c2ccccc2C1=O)NC(=O)OC(C)(C)C. The first-order chi connectivity index (χ1) is 12.6. The molecule has 9 nitrogen and oxygen atoms in total. The van der Waals surface area contributed by atoms with E-state index in [1.54, 1.807) is 32.9 Å². The molecule has 3 amide bonds. The van der Waals surface area contributed by atoms with Gasteiger partial charge in [0.1, 0.15) is 5.60 Å². The van der Waals surface area contributed by atoms with Crippen molar-refractivity contribution >= 4 is 23.9 Å². The maximum absolute atomic E-state index is 12.2. The first kappa shape index (κ1) is 20.4. The van der Waals surface area contributed by atoms with Crippen LogP contribution in [0.2, 0.25) is 0 Å². The van der Waals surface area contributed by atoms with Gasteiger partial charge in [0.05, 0.1) is 30.2 Å². The lowest BCUT2D eigenvalue weighted by Crippen LogP contribution is -2.43. The number of fused-ring (bicyclic) bond motifs is 1. The molecule has 0 unspecified atom stereocenters. The van der Waals surface area contributed by atoms with E-state index in [1.807, 2.05) is 0 Å². The summed E-state index contributed by atoms with van der Waals surface area (Å²) in [6, 6.07) is 5.40. The first-order valence-corrected chi connectivity index (χ1v) is 8.29. The van der Waals surface area contributed by atoms with Gasteiger partial charge in [0.15, 0.2) is 0 Å². The largest absolute Gasteiger partial charge is 0.444 e. The number of carbonyl (C=O) groups is 4. The Bertz CT molecular complexity index is 719. The number of ether oxygens (including phenoxy) is 2. The van der Waals surface area contributed by atoms with Crippen LogP contribution < -0.4 is 5.32 Å². The molecular weight excluding hydrogens is 356 g/mol. The van der Waals surface area contributed by atoms with E-state index in [9.17, 15) is 19.2 Å². The summed E-state index contributed by atoms with van der Waals surface area (Å²) < 4.78 is 10.1. The van der Waals surface area contributed by atoms with Crippen molar-refractivity contribution in [1.82, 2.24) is 10.4 Å². The van der Waals surface area contributed by atoms with Crippen molar-refractivity contribution in [3.63, 3.8) is 0 Å². The first-order valence-electron chi connectivity index (χ1n) is 8.29. The summed E-state index contributed by atoms with van der Waals surface area (Å²) >= 11 is 0. The number of rotatable bonds is 6. The van der Waals surface area contributed by atoms with Crippen LogP contribution in [0, 0.1) is 0 Å². The second-order valence-corrected chi connectivity index (χ2v) is 6.92. The van der Waals surface area contributed by atoms with E-state index in [2.05, 4.69) is 5.32 Å². The second-order valence-electron chi connectivity index (χ2n) is 6.92. The number of benzene rings is 1. The monoisotopic (exact) mass is 378 g/mol. The van der Waals surface area contributed by atoms with Crippen LogP contribution in [0.5, 0.6) is 0 Å². The molecule has 0 bridgehead atoms. The Morgan fingerprint density at radius 2 is 1.67 bits per heavy atom. The van der Waals surface area contributed by atoms with Gasteiger partial charge in [0.2, 0.25) is 0 Å². The Labute approximate surface area is 156 Å². The van der Waals surface area contributed by atoms with Crippen molar-refractivity contribution in [2.75, 3.05) is 13.7 Å². The zero-order valence-electron chi connectivity index (χ0n) is 15.6. The molecule has 0 saturated heterocycles. The molecule has 0 spiro atoms. The number of carbonyl (C=O) groups excluding carboxylic acids is 4. The van der Waals surface area contributed by atoms with Crippen LogP contribution >= 0.6 is 0 Å². The molecule has 1 aliphatic heterocycles. The van der Waals surface area contributed by atoms with E-state index in [1.165, 1.54) is 19.2 Å². The number of hydrogen-bond acceptors (Lipinski definition) is 7. The molecule has 0 aromatic heterocycles. The maximum atomic E-state index is 12.2. The van der Waals surface area contributed by atoms with E-state index in [0.717, 1.165) is 0 Å². The molecule has 2 rings (SSSR count). The highest BCUT2D eigenvalue weighted by atomic mass is 16.7. The summed E-state index contributed by atoms with van der Waals surface area (Å²) in [6.45, 7) is 5.12. The predicted molar refractivity (Wildman–Crippen MR) is 92.7 cm³/mol. The molecule has 0 aliphatic carbocycles. The van der Waals surface area contributed by atoms with E-state index in [-0.39, 0.29) is 24.2 Å². The van der Waals surface area contributed by atoms with Crippen LogP contribution in [0.15, 0.2) is 24.3 Å². The molecule has 27 heavy (non-hydrogen) atoms. The molecule has 146 valence electrons. The molecule has 9 heteroatoms. The quantitative estimate of drug-likeness (QED) is 0.750. The van der Waals surface area contributed by atoms with Crippen molar-refractivity contribution in [2.45, 2.75) is 38.8 Å². The molecule has 0 fully saturated rings. The average molecular weight is 378 g/mol. The number of nitrogens with zero attached hydrogens (tertiary/aromatic N) is 1. The third-order valence-corrected chi connectivity index (χ3v) is 3.45. The topological polar surface area (TPSA) is 111 Å². The van der Waals surface area contributed by atoms with Crippen LogP contribution in [0.3, 0.4) is 0 Å². The molecule has 1 aliphatic rings. The fourth-order valence-corrected chi connectivity index (χ4v) is 2.42. The van der Waals surface area contributed by atoms with Crippen LogP contribution in [0.4, 0.5) is 4.79 Å². The van der Waals surface area contributed by atoms with Crippen molar-refractivity contribution in [2.24, 2.45) is 0 Å². The van der Waals surface area contributed by atoms with Gasteiger partial charge < -0.3 is 19.6 Å². The summed E-state index contributed by atoms with van der Waals surface area (Å²) in [5.74, 6) is -2.30. The Morgan fingerprint density at radius 3 is 2.15 bits per heavy atom. The molecule has 1 aromatic rings. The highest BCUT2D eigenvalue weighted by Gasteiger charge is 2.39. The smallest absolute Gasteiger partial charge is 0.407 e. The van der Waals surface area contributed by atoms with Crippen LogP contribution in [-0.4, -0.2) is 54.3 Å². The fourth-order valence-electron chi connectivity index (χ4n) is 2.42. The molecule has 1 atom stereocenters. The molecule has 1 heterocycles. The normalized spacial score (nSPS) is 14.6. The van der Waals surface area contributed by atoms with Gasteiger partial charge in [-0.25, -0.2) is 9.59 Å². The number of amides is 3. The summed E-state index contributed by atoms with van der Waals surface area (Å²) in [4.78, 5) is 53.4. The third-order valence-electron chi connectivity index (χ3n) is 3.45. The Balaban J connectivity index is 1.97. The second kappa shape index (κ2) is 8.17. The van der Waals surface area contributed by atoms with E-state index in [4.69, 9.17) is 14.3 Å². The molecule has 0 radical (unpaired) electrons. The van der Waals surface area contributed by atoms with Crippen molar-refractivity contribution in [3.05, 3.63) is 35.4 Å². The maximum Gasteiger partial charge on any atom is 0.407 e. The van der Waals surface area contributed by atoms with Gasteiger partial charge in [-0.3, -0.25) is 9.59 Å². The zero-order valence-corrected chi connectivity index (χ0v) is 15.6. The van der Waals surface area contributed by atoms with Gasteiger partial charge in [-0.2, -0.15) is 0 Å². The van der Waals surface area contributed by atoms with Gasteiger partial charge in [0, 0.05) is 7.11 Å². The fraction of sp³-hybridized carbons (Fsp3) is 0.444. The third kappa shape index (κ3) is 5.27. The van der Waals surface area contributed by atoms with E-state index in [0.29, 0.717) is 5.06 Å².